The van der Waals surface area contributed by atoms with E-state index in [4.69, 9.17) is 18.8 Å². The molecular weight excluding hydrogens is 507 g/mol. The zero-order valence-electron chi connectivity index (χ0n) is 24.6. The fourth-order valence-electron chi connectivity index (χ4n) is 6.01. The molecule has 1 saturated heterocycles. The van der Waals surface area contributed by atoms with Crippen molar-refractivity contribution in [2.45, 2.75) is 44.2 Å². The lowest BCUT2D eigenvalue weighted by molar-refractivity contribution is -0.136. The van der Waals surface area contributed by atoms with E-state index in [0.29, 0.717) is 0 Å². The lowest BCUT2D eigenvalue weighted by atomic mass is 9.66. The summed E-state index contributed by atoms with van der Waals surface area (Å²) in [5.41, 5.74) is 2.36. The van der Waals surface area contributed by atoms with Gasteiger partial charge < -0.3 is 18.8 Å². The molecule has 0 N–H and O–H groups in total. The number of allylic oxidation sites excluding steroid dienone is 1. The summed E-state index contributed by atoms with van der Waals surface area (Å²) in [4.78, 5) is 0. The minimum Gasteiger partial charge on any atom is -0.398 e. The number of benzene rings is 4. The van der Waals surface area contributed by atoms with Crippen molar-refractivity contribution in [2.75, 3.05) is 14.2 Å². The minimum atomic E-state index is -1.03. The highest BCUT2D eigenvalue weighted by Crippen LogP contribution is 2.51. The maximum Gasteiger partial charge on any atom is 0.490 e. The Morgan fingerprint density at radius 3 is 1.05 bits per heavy atom. The molecule has 0 amide bonds. The van der Waals surface area contributed by atoms with Gasteiger partial charge in [0.05, 0.1) is 0 Å². The van der Waals surface area contributed by atoms with Crippen LogP contribution in [0.5, 0.6) is 0 Å². The van der Waals surface area contributed by atoms with Crippen LogP contribution in [0.4, 0.5) is 0 Å². The highest BCUT2D eigenvalue weighted by molar-refractivity contribution is 6.54. The highest BCUT2D eigenvalue weighted by atomic mass is 16.7. The van der Waals surface area contributed by atoms with Crippen molar-refractivity contribution < 1.29 is 18.8 Å². The summed E-state index contributed by atoms with van der Waals surface area (Å²) in [7, 11) is 2.80. The molecule has 4 aromatic carbocycles. The summed E-state index contributed by atoms with van der Waals surface area (Å²) in [5.74, 6) is 0. The van der Waals surface area contributed by atoms with E-state index in [1.165, 1.54) is 0 Å². The molecule has 0 aromatic heterocycles. The Morgan fingerprint density at radius 1 is 0.561 bits per heavy atom. The monoisotopic (exact) mass is 546 g/mol. The topological polar surface area (TPSA) is 36.9 Å². The van der Waals surface area contributed by atoms with Gasteiger partial charge in [-0.1, -0.05) is 142 Å². The highest BCUT2D eigenvalue weighted by Gasteiger charge is 2.62. The molecule has 210 valence electrons. The van der Waals surface area contributed by atoms with Crippen LogP contribution in [-0.4, -0.2) is 33.5 Å². The number of rotatable bonds is 9. The Labute approximate surface area is 245 Å². The predicted molar refractivity (Wildman–Crippen MR) is 165 cm³/mol. The molecule has 1 fully saturated rings. The molecule has 1 aliphatic rings. The second kappa shape index (κ2) is 11.8. The van der Waals surface area contributed by atoms with Crippen molar-refractivity contribution in [2.24, 2.45) is 5.41 Å². The van der Waals surface area contributed by atoms with Crippen molar-refractivity contribution in [3.63, 3.8) is 0 Å². The molecule has 2 atom stereocenters. The summed E-state index contributed by atoms with van der Waals surface area (Å²) < 4.78 is 27.4. The Bertz CT molecular complexity index is 1240. The smallest absolute Gasteiger partial charge is 0.398 e. The standard InChI is InChI=1S/C36H39BO4/c1-27(34(2,3)4)37-40-32(35(38-5,28-19-11-7-12-20-28)29-21-13-8-14-22-29)33(41-37)36(39-6,30-23-15-9-16-24-30)31-25-17-10-18-26-31/h7-26,32-33H,1H2,2-6H3/t32-,33-/m1/s1. The van der Waals surface area contributed by atoms with Gasteiger partial charge in [-0.2, -0.15) is 0 Å². The van der Waals surface area contributed by atoms with Gasteiger partial charge >= 0.3 is 7.12 Å². The van der Waals surface area contributed by atoms with E-state index in [-0.39, 0.29) is 5.41 Å². The largest absolute Gasteiger partial charge is 0.490 e. The summed E-state index contributed by atoms with van der Waals surface area (Å²) in [6, 6.07) is 41.0. The molecule has 0 spiro atoms. The van der Waals surface area contributed by atoms with E-state index in [1.54, 1.807) is 14.2 Å². The van der Waals surface area contributed by atoms with Crippen LogP contribution in [0.2, 0.25) is 0 Å². The van der Waals surface area contributed by atoms with Gasteiger partial charge in [-0.25, -0.2) is 0 Å². The molecule has 5 rings (SSSR count). The van der Waals surface area contributed by atoms with E-state index < -0.39 is 30.5 Å². The van der Waals surface area contributed by atoms with Crippen LogP contribution in [0, 0.1) is 5.41 Å². The molecule has 4 nitrogen and oxygen atoms in total. The first-order valence-electron chi connectivity index (χ1n) is 14.1. The van der Waals surface area contributed by atoms with Crippen molar-refractivity contribution in [1.82, 2.24) is 0 Å². The van der Waals surface area contributed by atoms with Gasteiger partial charge in [-0.3, -0.25) is 0 Å². The summed E-state index contributed by atoms with van der Waals surface area (Å²) >= 11 is 0. The van der Waals surface area contributed by atoms with Crippen molar-refractivity contribution in [1.29, 1.82) is 0 Å². The molecule has 0 aliphatic carbocycles. The van der Waals surface area contributed by atoms with Crippen molar-refractivity contribution >= 4 is 7.12 Å². The Balaban J connectivity index is 1.82. The zero-order valence-corrected chi connectivity index (χ0v) is 24.6. The summed E-state index contributed by atoms with van der Waals surface area (Å²) in [6.07, 6.45) is -1.27. The van der Waals surface area contributed by atoms with Gasteiger partial charge in [0.1, 0.15) is 23.4 Å². The molecule has 0 saturated carbocycles. The van der Waals surface area contributed by atoms with Gasteiger partial charge in [0.2, 0.25) is 0 Å². The Kier molecular flexibility index (Phi) is 8.35. The first-order valence-corrected chi connectivity index (χ1v) is 14.1. The zero-order chi connectivity index (χ0) is 29.1. The maximum atomic E-state index is 7.05. The van der Waals surface area contributed by atoms with Crippen LogP contribution in [0.15, 0.2) is 133 Å². The average molecular weight is 547 g/mol. The van der Waals surface area contributed by atoms with E-state index in [2.05, 4.69) is 75.9 Å². The predicted octanol–water partition coefficient (Wildman–Crippen LogP) is 7.58. The van der Waals surface area contributed by atoms with Gasteiger partial charge in [-0.15, -0.1) is 6.58 Å². The molecular formula is C36H39BO4. The number of hydrogen-bond acceptors (Lipinski definition) is 4. The molecule has 1 aliphatic heterocycles. The average Bonchev–Trinajstić information content (AvgIpc) is 3.46. The van der Waals surface area contributed by atoms with Crippen molar-refractivity contribution in [3.8, 4) is 0 Å². The maximum absolute atomic E-state index is 7.05. The first kappa shape index (κ1) is 29.0. The second-order valence-electron chi connectivity index (χ2n) is 11.6. The van der Waals surface area contributed by atoms with Gasteiger partial charge in [-0.05, 0) is 33.1 Å². The van der Waals surface area contributed by atoms with Crippen LogP contribution in [0.3, 0.4) is 0 Å². The molecule has 0 unspecified atom stereocenters. The first-order chi connectivity index (χ1) is 19.8. The normalized spacial score (nSPS) is 17.9. The second-order valence-corrected chi connectivity index (χ2v) is 11.6. The number of hydrogen-bond donors (Lipinski definition) is 0. The SMILES string of the molecule is C=C(B1O[C@@H](C(OC)(c2ccccc2)c2ccccc2)[C@H](C(OC)(c2ccccc2)c2ccccc2)O1)C(C)(C)C. The third-order valence-electron chi connectivity index (χ3n) is 8.32. The molecule has 5 heteroatoms. The lowest BCUT2D eigenvalue weighted by Gasteiger charge is -2.46. The third kappa shape index (κ3) is 5.09. The Morgan fingerprint density at radius 2 is 0.829 bits per heavy atom. The number of ether oxygens (including phenoxy) is 2. The van der Waals surface area contributed by atoms with Crippen LogP contribution >= 0.6 is 0 Å². The van der Waals surface area contributed by atoms with Crippen LogP contribution < -0.4 is 0 Å². The van der Waals surface area contributed by atoms with Gasteiger partial charge in [0, 0.05) is 14.2 Å². The number of methoxy groups -OCH3 is 2. The van der Waals surface area contributed by atoms with E-state index >= 15 is 0 Å². The van der Waals surface area contributed by atoms with E-state index in [0.717, 1.165) is 27.7 Å². The molecule has 0 radical (unpaired) electrons. The van der Waals surface area contributed by atoms with Gasteiger partial charge in [0.25, 0.3) is 0 Å². The van der Waals surface area contributed by atoms with Crippen LogP contribution in [0.1, 0.15) is 43.0 Å². The van der Waals surface area contributed by atoms with Crippen LogP contribution in [-0.2, 0) is 30.0 Å². The fraction of sp³-hybridized carbons (Fsp3) is 0.278. The molecule has 41 heavy (non-hydrogen) atoms. The summed E-state index contributed by atoms with van der Waals surface area (Å²) in [5, 5.41) is 0. The van der Waals surface area contributed by atoms with Crippen molar-refractivity contribution in [3.05, 3.63) is 156 Å². The van der Waals surface area contributed by atoms with Gasteiger partial charge in [0.15, 0.2) is 0 Å². The third-order valence-corrected chi connectivity index (χ3v) is 8.32. The lowest BCUT2D eigenvalue weighted by Crippen LogP contribution is -2.56. The fourth-order valence-corrected chi connectivity index (χ4v) is 6.01. The quantitative estimate of drug-likeness (QED) is 0.203. The van der Waals surface area contributed by atoms with E-state index in [1.807, 2.05) is 72.8 Å². The summed E-state index contributed by atoms with van der Waals surface area (Å²) in [6.45, 7) is 10.8. The van der Waals surface area contributed by atoms with E-state index in [9.17, 15) is 0 Å². The Hall–Kier alpha value is -3.48. The molecule has 4 aromatic rings. The molecule has 0 bridgehead atoms. The van der Waals surface area contributed by atoms with Crippen LogP contribution in [0.25, 0.3) is 0 Å². The molecule has 1 heterocycles. The minimum absolute atomic E-state index is 0.255.